The Morgan fingerprint density at radius 2 is 1.11 bits per heavy atom. The van der Waals surface area contributed by atoms with Gasteiger partial charge in [-0.25, -0.2) is 0 Å². The van der Waals surface area contributed by atoms with Crippen LogP contribution in [0.4, 0.5) is 0 Å². The summed E-state index contributed by atoms with van der Waals surface area (Å²) in [7, 11) is 0. The van der Waals surface area contributed by atoms with Gasteiger partial charge in [0, 0.05) is 20.8 Å². The number of benzene rings is 4. The van der Waals surface area contributed by atoms with E-state index < -0.39 is 0 Å². The largest absolute Gasteiger partial charge is 0.0837 e. The van der Waals surface area contributed by atoms with E-state index in [1.54, 1.807) is 0 Å². The Kier molecular flexibility index (Phi) is 4.31. The van der Waals surface area contributed by atoms with Crippen LogP contribution in [0.2, 0.25) is 10.0 Å². The minimum atomic E-state index is 0.756. The molecular formula is C26H15Cl2. The summed E-state index contributed by atoms with van der Waals surface area (Å²) in [6.07, 6.45) is 9.46. The lowest BCUT2D eigenvalue weighted by Crippen LogP contribution is -1.95. The first kappa shape index (κ1) is 17.3. The zero-order valence-corrected chi connectivity index (χ0v) is 16.4. The van der Waals surface area contributed by atoms with Crippen LogP contribution in [-0.2, 0) is 0 Å². The Bertz CT molecular complexity index is 1220. The van der Waals surface area contributed by atoms with E-state index >= 15 is 0 Å². The number of rotatable bonds is 2. The van der Waals surface area contributed by atoms with E-state index in [0.717, 1.165) is 53.9 Å². The number of allylic oxidation sites excluding steroid dienone is 5. The summed E-state index contributed by atoms with van der Waals surface area (Å²) in [5, 5.41) is 5.85. The summed E-state index contributed by atoms with van der Waals surface area (Å²) in [5.41, 5.74) is 4.45. The zero-order valence-electron chi connectivity index (χ0n) is 14.9. The van der Waals surface area contributed by atoms with Gasteiger partial charge in [0.25, 0.3) is 0 Å². The highest BCUT2D eigenvalue weighted by Gasteiger charge is 2.17. The molecule has 0 unspecified atom stereocenters. The van der Waals surface area contributed by atoms with Crippen molar-refractivity contribution in [3.8, 4) is 0 Å². The zero-order chi connectivity index (χ0) is 19.1. The molecule has 5 rings (SSSR count). The first-order chi connectivity index (χ1) is 13.7. The molecule has 0 nitrogen and oxygen atoms in total. The summed E-state index contributed by atoms with van der Waals surface area (Å²) < 4.78 is 0. The molecule has 0 fully saturated rings. The summed E-state index contributed by atoms with van der Waals surface area (Å²) in [5.74, 6) is 0. The minimum absolute atomic E-state index is 0.756. The molecule has 0 amide bonds. The lowest BCUT2D eigenvalue weighted by Gasteiger charge is -2.17. The molecule has 0 saturated heterocycles. The van der Waals surface area contributed by atoms with Gasteiger partial charge in [0.15, 0.2) is 0 Å². The molecule has 0 spiro atoms. The number of hydrogen-bond donors (Lipinski definition) is 0. The van der Waals surface area contributed by atoms with Gasteiger partial charge in [-0.3, -0.25) is 0 Å². The van der Waals surface area contributed by atoms with Crippen LogP contribution in [0.1, 0.15) is 11.1 Å². The summed E-state index contributed by atoms with van der Waals surface area (Å²) in [6.45, 7) is 0. The average molecular weight is 398 g/mol. The third kappa shape index (κ3) is 2.77. The van der Waals surface area contributed by atoms with E-state index in [0.29, 0.717) is 0 Å². The van der Waals surface area contributed by atoms with Crippen molar-refractivity contribution in [2.75, 3.05) is 0 Å². The van der Waals surface area contributed by atoms with E-state index in [9.17, 15) is 0 Å². The Labute approximate surface area is 174 Å². The molecule has 0 aromatic heterocycles. The fourth-order valence-electron chi connectivity index (χ4n) is 3.90. The van der Waals surface area contributed by atoms with E-state index in [2.05, 4.69) is 60.7 Å². The van der Waals surface area contributed by atoms with Crippen LogP contribution in [-0.4, -0.2) is 0 Å². The van der Waals surface area contributed by atoms with Crippen LogP contribution in [0, 0.1) is 6.08 Å². The van der Waals surface area contributed by atoms with Gasteiger partial charge >= 0.3 is 0 Å². The molecule has 2 heteroatoms. The van der Waals surface area contributed by atoms with Gasteiger partial charge < -0.3 is 0 Å². The molecule has 0 atom stereocenters. The predicted molar refractivity (Wildman–Crippen MR) is 121 cm³/mol. The van der Waals surface area contributed by atoms with Gasteiger partial charge in [-0.2, -0.15) is 0 Å². The van der Waals surface area contributed by atoms with Crippen molar-refractivity contribution in [3.63, 3.8) is 0 Å². The monoisotopic (exact) mass is 397 g/mol. The predicted octanol–water partition coefficient (Wildman–Crippen LogP) is 8.03. The number of fused-ring (bicyclic) bond motifs is 2. The van der Waals surface area contributed by atoms with Crippen molar-refractivity contribution in [2.24, 2.45) is 0 Å². The molecule has 133 valence electrons. The van der Waals surface area contributed by atoms with Crippen LogP contribution in [0.5, 0.6) is 0 Å². The summed E-state index contributed by atoms with van der Waals surface area (Å²) in [6, 6.07) is 24.7. The lowest BCUT2D eigenvalue weighted by atomic mass is 9.87. The summed E-state index contributed by atoms with van der Waals surface area (Å²) in [4.78, 5) is 0. The Morgan fingerprint density at radius 1 is 0.607 bits per heavy atom. The molecule has 1 aliphatic rings. The molecule has 1 radical (unpaired) electrons. The molecule has 0 bridgehead atoms. The molecule has 4 aromatic rings. The van der Waals surface area contributed by atoms with E-state index in [1.807, 2.05) is 36.4 Å². The Morgan fingerprint density at radius 3 is 1.61 bits per heavy atom. The molecule has 0 aliphatic heterocycles. The number of halogens is 2. The van der Waals surface area contributed by atoms with Crippen molar-refractivity contribution < 1.29 is 0 Å². The first-order valence-electron chi connectivity index (χ1n) is 9.10. The SMILES string of the molecule is Clc1cccc2c(C(=C3[C]=CC=C3)c3cccc4c(Cl)cccc34)cccc12. The third-order valence-corrected chi connectivity index (χ3v) is 5.80. The molecule has 1 aliphatic carbocycles. The highest BCUT2D eigenvalue weighted by molar-refractivity contribution is 6.36. The van der Waals surface area contributed by atoms with Crippen molar-refractivity contribution in [1.82, 2.24) is 0 Å². The summed E-state index contributed by atoms with van der Waals surface area (Å²) >= 11 is 13.0. The van der Waals surface area contributed by atoms with Crippen LogP contribution in [0.25, 0.3) is 27.1 Å². The standard InChI is InChI=1S/C26H15Cl2/c27-24-15-5-9-18-20(24)11-3-13-22(18)26(17-7-1-2-8-17)23-14-4-12-21-19(23)10-6-16-25(21)28/h1-7,9-16H. The Balaban J connectivity index is 1.91. The van der Waals surface area contributed by atoms with Gasteiger partial charge in [0.1, 0.15) is 0 Å². The molecule has 4 aromatic carbocycles. The van der Waals surface area contributed by atoms with E-state index in [1.165, 1.54) is 0 Å². The second-order valence-electron chi connectivity index (χ2n) is 6.74. The van der Waals surface area contributed by atoms with E-state index in [4.69, 9.17) is 23.2 Å². The third-order valence-electron chi connectivity index (χ3n) is 5.14. The maximum Gasteiger partial charge on any atom is 0.0484 e. The van der Waals surface area contributed by atoms with Crippen LogP contribution in [0.15, 0.2) is 96.6 Å². The van der Waals surface area contributed by atoms with Crippen molar-refractivity contribution in [1.29, 1.82) is 0 Å². The number of hydrogen-bond acceptors (Lipinski definition) is 0. The van der Waals surface area contributed by atoms with Crippen LogP contribution < -0.4 is 0 Å². The van der Waals surface area contributed by atoms with Gasteiger partial charge in [-0.1, -0.05) is 102 Å². The smallest absolute Gasteiger partial charge is 0.0484 e. The van der Waals surface area contributed by atoms with Crippen LogP contribution in [0.3, 0.4) is 0 Å². The fourth-order valence-corrected chi connectivity index (χ4v) is 4.38. The molecule has 0 saturated carbocycles. The van der Waals surface area contributed by atoms with Gasteiger partial charge in [0.05, 0.1) is 0 Å². The molecule has 0 heterocycles. The lowest BCUT2D eigenvalue weighted by molar-refractivity contribution is 1.57. The first-order valence-corrected chi connectivity index (χ1v) is 9.85. The van der Waals surface area contributed by atoms with Crippen molar-refractivity contribution in [3.05, 3.63) is 124 Å². The normalized spacial score (nSPS) is 13.0. The average Bonchev–Trinajstić information content (AvgIpc) is 3.24. The molecule has 28 heavy (non-hydrogen) atoms. The highest BCUT2D eigenvalue weighted by Crippen LogP contribution is 2.39. The van der Waals surface area contributed by atoms with Crippen molar-refractivity contribution in [2.45, 2.75) is 0 Å². The van der Waals surface area contributed by atoms with Crippen molar-refractivity contribution >= 4 is 50.3 Å². The maximum atomic E-state index is 6.49. The minimum Gasteiger partial charge on any atom is -0.0837 e. The van der Waals surface area contributed by atoms with Gasteiger partial charge in [-0.05, 0) is 51.3 Å². The second kappa shape index (κ2) is 6.98. The maximum absolute atomic E-state index is 6.49. The Hall–Kier alpha value is -2.80. The van der Waals surface area contributed by atoms with Gasteiger partial charge in [0.2, 0.25) is 0 Å². The fraction of sp³-hybridized carbons (Fsp3) is 0. The highest BCUT2D eigenvalue weighted by atomic mass is 35.5. The second-order valence-corrected chi connectivity index (χ2v) is 7.55. The van der Waals surface area contributed by atoms with Crippen LogP contribution >= 0.6 is 23.2 Å². The molecule has 0 N–H and O–H groups in total. The molecular weight excluding hydrogens is 383 g/mol. The van der Waals surface area contributed by atoms with Gasteiger partial charge in [-0.15, -0.1) is 0 Å². The topological polar surface area (TPSA) is 0 Å². The van der Waals surface area contributed by atoms with E-state index in [-0.39, 0.29) is 0 Å². The quantitative estimate of drug-likeness (QED) is 0.321.